The predicted octanol–water partition coefficient (Wildman–Crippen LogP) is 15.1. The van der Waals surface area contributed by atoms with Crippen molar-refractivity contribution in [1.29, 1.82) is 0 Å². The molecule has 81 heavy (non-hydrogen) atoms. The van der Waals surface area contributed by atoms with Gasteiger partial charge in [-0.2, -0.15) is 0 Å². The Morgan fingerprint density at radius 1 is 0.395 bits per heavy atom. The summed E-state index contributed by atoms with van der Waals surface area (Å²) in [5, 5.41) is 0.583. The quantitative estimate of drug-likeness (QED) is 0.110. The summed E-state index contributed by atoms with van der Waals surface area (Å²) in [5.41, 5.74) is 12.0. The average Bonchev–Trinajstić information content (AvgIpc) is 4.34. The minimum absolute atomic E-state index is 0.0386. The van der Waals surface area contributed by atoms with Gasteiger partial charge in [0, 0.05) is 42.9 Å². The maximum atomic E-state index is 13.0. The Balaban J connectivity index is 0.000000175. The lowest BCUT2D eigenvalue weighted by atomic mass is 9.86. The SMILES string of the molecule is COc1ccc(C)cc1-c1ncc(C(=O)c2ccc(C(C)(C)C)cc2)n1C.COc1ccc(C)cc1-c1ncc(C(=O)c2ccc(C(C)(C)C)cc2)n1C.COc1ccc(Cl)cc1-c1ncc(C(=O)c2ccc(C(C)(C)C)cc2)n1C. The second kappa shape index (κ2) is 24.6. The highest BCUT2D eigenvalue weighted by Gasteiger charge is 2.24. The van der Waals surface area contributed by atoms with E-state index in [1.165, 1.54) is 16.7 Å². The smallest absolute Gasteiger partial charge is 0.211 e. The number of ether oxygens (including phenoxy) is 3. The minimum atomic E-state index is -0.0716. The number of ketones is 3. The molecule has 12 nitrogen and oxygen atoms in total. The summed E-state index contributed by atoms with van der Waals surface area (Å²) in [6.45, 7) is 23.4. The molecular formula is C68H75ClN6O6. The topological polar surface area (TPSA) is 132 Å². The van der Waals surface area contributed by atoms with E-state index in [0.717, 1.165) is 39.3 Å². The highest BCUT2D eigenvalue weighted by atomic mass is 35.5. The molecule has 0 amide bonds. The molecule has 0 bridgehead atoms. The number of benzene rings is 6. The van der Waals surface area contributed by atoms with Gasteiger partial charge in [-0.15, -0.1) is 0 Å². The van der Waals surface area contributed by atoms with Gasteiger partial charge in [-0.25, -0.2) is 15.0 Å². The molecule has 0 aliphatic carbocycles. The number of hydrogen-bond donors (Lipinski definition) is 0. The maximum absolute atomic E-state index is 13.0. The first-order valence-electron chi connectivity index (χ1n) is 26.8. The van der Waals surface area contributed by atoms with Crippen molar-refractivity contribution in [2.75, 3.05) is 21.3 Å². The number of rotatable bonds is 12. The van der Waals surface area contributed by atoms with E-state index in [-0.39, 0.29) is 33.6 Å². The van der Waals surface area contributed by atoms with Crippen molar-refractivity contribution < 1.29 is 28.6 Å². The number of aryl methyl sites for hydroxylation is 2. The number of carbonyl (C=O) groups is 3. The Bertz CT molecular complexity index is 3330. The summed E-state index contributed by atoms with van der Waals surface area (Å²) in [6.07, 6.45) is 4.86. The molecule has 3 aromatic heterocycles. The second-order valence-electron chi connectivity index (χ2n) is 23.3. The van der Waals surface area contributed by atoms with Gasteiger partial charge in [-0.3, -0.25) is 14.4 Å². The van der Waals surface area contributed by atoms with Crippen molar-refractivity contribution >= 4 is 29.0 Å². The third kappa shape index (κ3) is 13.6. The third-order valence-corrected chi connectivity index (χ3v) is 14.5. The van der Waals surface area contributed by atoms with Gasteiger partial charge in [-0.05, 0) is 89.2 Å². The van der Waals surface area contributed by atoms with Gasteiger partial charge in [-0.1, -0.05) is 170 Å². The number of aromatic nitrogens is 6. The second-order valence-corrected chi connectivity index (χ2v) is 23.7. The van der Waals surface area contributed by atoms with Crippen molar-refractivity contribution in [3.05, 3.63) is 213 Å². The molecule has 0 atom stereocenters. The maximum Gasteiger partial charge on any atom is 0.211 e. The fourth-order valence-electron chi connectivity index (χ4n) is 9.27. The van der Waals surface area contributed by atoms with Gasteiger partial charge < -0.3 is 27.9 Å². The van der Waals surface area contributed by atoms with Crippen LogP contribution in [0.15, 0.2) is 146 Å². The highest BCUT2D eigenvalue weighted by molar-refractivity contribution is 6.31. The van der Waals surface area contributed by atoms with Gasteiger partial charge in [0.1, 0.15) is 51.8 Å². The number of carbonyl (C=O) groups excluding carboxylic acids is 3. The van der Waals surface area contributed by atoms with Crippen molar-refractivity contribution in [1.82, 2.24) is 28.7 Å². The van der Waals surface area contributed by atoms with Crippen LogP contribution < -0.4 is 14.2 Å². The molecule has 0 saturated heterocycles. The normalized spacial score (nSPS) is 11.5. The number of imidazole rings is 3. The van der Waals surface area contributed by atoms with E-state index in [4.69, 9.17) is 25.8 Å². The molecule has 0 aliphatic rings. The Morgan fingerprint density at radius 3 is 0.914 bits per heavy atom. The molecule has 9 rings (SSSR count). The van der Waals surface area contributed by atoms with E-state index in [1.807, 2.05) is 153 Å². The highest BCUT2D eigenvalue weighted by Crippen LogP contribution is 2.35. The fraction of sp³-hybridized carbons (Fsp3) is 0.294. The lowest BCUT2D eigenvalue weighted by molar-refractivity contribution is 0.102. The van der Waals surface area contributed by atoms with Gasteiger partial charge in [0.15, 0.2) is 0 Å². The van der Waals surface area contributed by atoms with E-state index in [0.29, 0.717) is 62.0 Å². The zero-order valence-electron chi connectivity index (χ0n) is 49.9. The molecule has 0 fully saturated rings. The van der Waals surface area contributed by atoms with Crippen LogP contribution in [0.4, 0.5) is 0 Å². The van der Waals surface area contributed by atoms with Crippen LogP contribution in [-0.2, 0) is 37.4 Å². The molecule has 6 aromatic carbocycles. The first-order valence-corrected chi connectivity index (χ1v) is 27.2. The molecule has 3 heterocycles. The largest absolute Gasteiger partial charge is 0.496 e. The first kappa shape index (κ1) is 60.3. The Hall–Kier alpha value is -8.35. The van der Waals surface area contributed by atoms with E-state index in [2.05, 4.69) is 77.3 Å². The zero-order chi connectivity index (χ0) is 59.3. The van der Waals surface area contributed by atoms with Crippen molar-refractivity contribution in [3.63, 3.8) is 0 Å². The van der Waals surface area contributed by atoms with Gasteiger partial charge >= 0.3 is 0 Å². The van der Waals surface area contributed by atoms with Crippen LogP contribution in [0.25, 0.3) is 34.2 Å². The van der Waals surface area contributed by atoms with E-state index in [1.54, 1.807) is 62.7 Å². The Labute approximate surface area is 482 Å². The molecular weight excluding hydrogens is 1030 g/mol. The van der Waals surface area contributed by atoms with Gasteiger partial charge in [0.05, 0.1) is 56.6 Å². The molecule has 9 aromatic rings. The van der Waals surface area contributed by atoms with Crippen LogP contribution in [0.2, 0.25) is 5.02 Å². The molecule has 0 saturated carbocycles. The van der Waals surface area contributed by atoms with E-state index < -0.39 is 0 Å². The van der Waals surface area contributed by atoms with Crippen LogP contribution in [0.3, 0.4) is 0 Å². The van der Waals surface area contributed by atoms with Crippen molar-refractivity contribution in [2.24, 2.45) is 21.1 Å². The number of halogens is 1. The summed E-state index contributed by atoms with van der Waals surface area (Å²) in [7, 11) is 10.4. The molecule has 420 valence electrons. The number of nitrogens with zero attached hydrogens (tertiary/aromatic N) is 6. The van der Waals surface area contributed by atoms with Crippen LogP contribution >= 0.6 is 11.6 Å². The molecule has 0 aliphatic heterocycles. The standard InChI is InChI=1S/2C23H26N2O2.C22H23ClN2O2/c2*1-15-7-12-20(27-6)18(13-15)22-24-14-19(25(22)5)21(26)16-8-10-17(11-9-16)23(2,3)4;1-22(2,3)15-8-6-14(7-9-15)20(26)18-13-24-21(25(18)4)17-12-16(23)10-11-19(17)27-5/h2*7-14H,1-6H3;6-13H,1-5H3. The van der Waals surface area contributed by atoms with Crippen LogP contribution in [0.5, 0.6) is 17.2 Å². The third-order valence-electron chi connectivity index (χ3n) is 14.3. The van der Waals surface area contributed by atoms with Crippen LogP contribution in [0.1, 0.15) is 138 Å². The number of methoxy groups -OCH3 is 3. The monoisotopic (exact) mass is 1110 g/mol. The first-order chi connectivity index (χ1) is 38.2. The number of hydrogen-bond acceptors (Lipinski definition) is 9. The molecule has 0 spiro atoms. The molecule has 13 heteroatoms. The lowest BCUT2D eigenvalue weighted by Gasteiger charge is -2.19. The van der Waals surface area contributed by atoms with Gasteiger partial charge in [0.2, 0.25) is 17.3 Å². The summed E-state index contributed by atoms with van der Waals surface area (Å²) in [6, 6.07) is 40.6. The Kier molecular flexibility index (Phi) is 18.3. The summed E-state index contributed by atoms with van der Waals surface area (Å²) in [4.78, 5) is 52.4. The van der Waals surface area contributed by atoms with Crippen molar-refractivity contribution in [2.45, 2.75) is 92.4 Å². The fourth-order valence-corrected chi connectivity index (χ4v) is 9.44. The van der Waals surface area contributed by atoms with Gasteiger partial charge in [0.25, 0.3) is 0 Å². The van der Waals surface area contributed by atoms with Crippen LogP contribution in [0, 0.1) is 13.8 Å². The summed E-state index contributed by atoms with van der Waals surface area (Å²) in [5.74, 6) is 4.04. The molecule has 0 N–H and O–H groups in total. The minimum Gasteiger partial charge on any atom is -0.496 e. The predicted molar refractivity (Wildman–Crippen MR) is 326 cm³/mol. The molecule has 0 unspecified atom stereocenters. The summed E-state index contributed by atoms with van der Waals surface area (Å²) >= 11 is 6.13. The van der Waals surface area contributed by atoms with Crippen molar-refractivity contribution in [3.8, 4) is 51.4 Å². The van der Waals surface area contributed by atoms with E-state index in [9.17, 15) is 14.4 Å². The summed E-state index contributed by atoms with van der Waals surface area (Å²) < 4.78 is 21.8. The molecule has 0 radical (unpaired) electrons. The zero-order valence-corrected chi connectivity index (χ0v) is 50.6. The Morgan fingerprint density at radius 2 is 0.654 bits per heavy atom. The van der Waals surface area contributed by atoms with E-state index >= 15 is 0 Å². The van der Waals surface area contributed by atoms with Crippen LogP contribution in [-0.4, -0.2) is 67.3 Å². The average molecular weight is 1110 g/mol. The lowest BCUT2D eigenvalue weighted by Crippen LogP contribution is -2.12.